The van der Waals surface area contributed by atoms with Crippen LogP contribution in [-0.2, 0) is 14.8 Å². The molecule has 1 N–H and O–H groups in total. The van der Waals surface area contributed by atoms with Gasteiger partial charge in [0.25, 0.3) is 0 Å². The third-order valence-corrected chi connectivity index (χ3v) is 5.40. The summed E-state index contributed by atoms with van der Waals surface area (Å²) in [5, 5.41) is 3.14. The Bertz CT molecular complexity index is 931. The van der Waals surface area contributed by atoms with E-state index in [0.717, 1.165) is 10.6 Å². The first-order valence-electron chi connectivity index (χ1n) is 8.43. The molecule has 0 saturated carbocycles. The van der Waals surface area contributed by atoms with Gasteiger partial charge in [-0.3, -0.25) is 9.10 Å². The molecule has 1 amide bonds. The summed E-state index contributed by atoms with van der Waals surface area (Å²) in [5.41, 5.74) is 1.54. The van der Waals surface area contributed by atoms with Crippen molar-refractivity contribution in [2.75, 3.05) is 22.5 Å². The van der Waals surface area contributed by atoms with Crippen molar-refractivity contribution in [2.24, 2.45) is 0 Å². The monoisotopic (exact) mass is 410 g/mol. The fourth-order valence-corrected chi connectivity index (χ4v) is 4.08. The average Bonchev–Trinajstić information content (AvgIpc) is 2.58. The summed E-state index contributed by atoms with van der Waals surface area (Å²) >= 11 is 6.04. The van der Waals surface area contributed by atoms with Crippen molar-refractivity contribution >= 4 is 38.9 Å². The molecule has 0 aliphatic heterocycles. The molecule has 2 aromatic carbocycles. The summed E-state index contributed by atoms with van der Waals surface area (Å²) in [4.78, 5) is 12.8. The normalized spacial score (nSPS) is 12.3. The van der Waals surface area contributed by atoms with Crippen molar-refractivity contribution in [3.8, 4) is 5.75 Å². The second-order valence-electron chi connectivity index (χ2n) is 6.08. The number of hydrogen-bond donors (Lipinski definition) is 1. The Morgan fingerprint density at radius 1 is 1.26 bits per heavy atom. The van der Waals surface area contributed by atoms with Crippen molar-refractivity contribution < 1.29 is 17.9 Å². The van der Waals surface area contributed by atoms with E-state index in [-0.39, 0.29) is 0 Å². The van der Waals surface area contributed by atoms with Gasteiger partial charge in [0, 0.05) is 5.02 Å². The van der Waals surface area contributed by atoms with Crippen LogP contribution in [-0.4, -0.2) is 33.2 Å². The van der Waals surface area contributed by atoms with E-state index >= 15 is 0 Å². The van der Waals surface area contributed by atoms with Crippen molar-refractivity contribution in [3.63, 3.8) is 0 Å². The predicted molar refractivity (Wildman–Crippen MR) is 109 cm³/mol. The molecule has 0 aliphatic carbocycles. The van der Waals surface area contributed by atoms with E-state index in [1.54, 1.807) is 43.3 Å². The Kier molecular flexibility index (Phi) is 6.73. The lowest BCUT2D eigenvalue weighted by atomic mass is 10.1. The van der Waals surface area contributed by atoms with E-state index < -0.39 is 22.0 Å². The molecule has 2 rings (SSSR count). The van der Waals surface area contributed by atoms with Crippen LogP contribution in [0.25, 0.3) is 0 Å². The predicted octanol–water partition coefficient (Wildman–Crippen LogP) is 3.84. The molecule has 0 saturated heterocycles. The smallest absolute Gasteiger partial charge is 0.248 e. The van der Waals surface area contributed by atoms with E-state index in [4.69, 9.17) is 16.3 Å². The second kappa shape index (κ2) is 8.63. The van der Waals surface area contributed by atoms with Gasteiger partial charge in [-0.15, -0.1) is 0 Å². The largest absolute Gasteiger partial charge is 0.492 e. The number of para-hydroxylation sites is 2. The molecule has 0 fully saturated rings. The minimum atomic E-state index is -3.73. The van der Waals surface area contributed by atoms with Gasteiger partial charge in [0.1, 0.15) is 11.8 Å². The highest BCUT2D eigenvalue weighted by Gasteiger charge is 2.30. The lowest BCUT2D eigenvalue weighted by Crippen LogP contribution is -2.45. The van der Waals surface area contributed by atoms with Crippen molar-refractivity contribution in [3.05, 3.63) is 53.1 Å². The van der Waals surface area contributed by atoms with E-state index in [2.05, 4.69) is 5.32 Å². The van der Waals surface area contributed by atoms with Crippen LogP contribution in [0.4, 0.5) is 11.4 Å². The van der Waals surface area contributed by atoms with Gasteiger partial charge < -0.3 is 10.1 Å². The first kappa shape index (κ1) is 21.1. The lowest BCUT2D eigenvalue weighted by molar-refractivity contribution is -0.116. The molecule has 1 atom stereocenters. The number of ether oxygens (including phenoxy) is 1. The van der Waals surface area contributed by atoms with Crippen LogP contribution in [0.5, 0.6) is 5.75 Å². The number of anilines is 2. The molecular weight excluding hydrogens is 388 g/mol. The zero-order chi connectivity index (χ0) is 20.2. The molecule has 0 bridgehead atoms. The Morgan fingerprint density at radius 2 is 1.93 bits per heavy atom. The number of hydrogen-bond acceptors (Lipinski definition) is 4. The number of nitrogens with one attached hydrogen (secondary N) is 1. The summed E-state index contributed by atoms with van der Waals surface area (Å²) in [6.07, 6.45) is 1.06. The van der Waals surface area contributed by atoms with E-state index in [0.29, 0.717) is 34.3 Å². The number of rotatable bonds is 7. The van der Waals surface area contributed by atoms with Gasteiger partial charge in [0.2, 0.25) is 15.9 Å². The molecule has 27 heavy (non-hydrogen) atoms. The SMILES string of the molecule is CCOc1ccccc1NC(=O)[C@@H](C)N(c1cc(Cl)ccc1C)S(C)(=O)=O. The number of carbonyl (C=O) groups is 1. The summed E-state index contributed by atoms with van der Waals surface area (Å²) in [6.45, 7) is 5.58. The molecule has 8 heteroatoms. The maximum atomic E-state index is 12.8. The highest BCUT2D eigenvalue weighted by atomic mass is 35.5. The van der Waals surface area contributed by atoms with Gasteiger partial charge in [0.15, 0.2) is 0 Å². The van der Waals surface area contributed by atoms with E-state index in [1.807, 2.05) is 6.92 Å². The lowest BCUT2D eigenvalue weighted by Gasteiger charge is -2.29. The van der Waals surface area contributed by atoms with Crippen LogP contribution < -0.4 is 14.4 Å². The van der Waals surface area contributed by atoms with Crippen LogP contribution >= 0.6 is 11.6 Å². The molecule has 146 valence electrons. The molecule has 0 unspecified atom stereocenters. The highest BCUT2D eigenvalue weighted by Crippen LogP contribution is 2.29. The van der Waals surface area contributed by atoms with Crippen molar-refractivity contribution in [1.29, 1.82) is 0 Å². The van der Waals surface area contributed by atoms with Crippen molar-refractivity contribution in [1.82, 2.24) is 0 Å². The van der Waals surface area contributed by atoms with Gasteiger partial charge in [-0.05, 0) is 50.6 Å². The summed E-state index contributed by atoms with van der Waals surface area (Å²) in [5.74, 6) is 0.0392. The van der Waals surface area contributed by atoms with Crippen LogP contribution in [0.3, 0.4) is 0 Å². The number of benzene rings is 2. The molecule has 0 spiro atoms. The number of amides is 1. The van der Waals surface area contributed by atoms with Crippen molar-refractivity contribution in [2.45, 2.75) is 26.8 Å². The number of aryl methyl sites for hydroxylation is 1. The molecule has 0 heterocycles. The molecule has 0 aliphatic rings. The molecule has 0 aromatic heterocycles. The standard InChI is InChI=1S/C19H23ClN2O4S/c1-5-26-18-9-7-6-8-16(18)21-19(23)14(3)22(27(4,24)25)17-12-15(20)11-10-13(17)2/h6-12,14H,5H2,1-4H3,(H,21,23)/t14-/m1/s1. The highest BCUT2D eigenvalue weighted by molar-refractivity contribution is 7.92. The number of carbonyl (C=O) groups excluding carboxylic acids is 1. The number of halogens is 1. The molecule has 0 radical (unpaired) electrons. The maximum absolute atomic E-state index is 12.8. The third-order valence-electron chi connectivity index (χ3n) is 3.94. The topological polar surface area (TPSA) is 75.7 Å². The van der Waals surface area contributed by atoms with Crippen LogP contribution in [0.2, 0.25) is 5.02 Å². The minimum Gasteiger partial charge on any atom is -0.492 e. The number of nitrogens with zero attached hydrogens (tertiary/aromatic N) is 1. The first-order valence-corrected chi connectivity index (χ1v) is 10.7. The van der Waals surface area contributed by atoms with Gasteiger partial charge in [-0.1, -0.05) is 29.8 Å². The zero-order valence-electron chi connectivity index (χ0n) is 15.7. The number of sulfonamides is 1. The van der Waals surface area contributed by atoms with Gasteiger partial charge in [-0.2, -0.15) is 0 Å². The van der Waals surface area contributed by atoms with Gasteiger partial charge >= 0.3 is 0 Å². The van der Waals surface area contributed by atoms with Gasteiger partial charge in [0.05, 0.1) is 24.2 Å². The fourth-order valence-electron chi connectivity index (χ4n) is 2.69. The average molecular weight is 411 g/mol. The third kappa shape index (κ3) is 5.14. The van der Waals surface area contributed by atoms with E-state index in [9.17, 15) is 13.2 Å². The summed E-state index contributed by atoms with van der Waals surface area (Å²) in [7, 11) is -3.73. The first-order chi connectivity index (χ1) is 12.6. The molecular formula is C19H23ClN2O4S. The Morgan fingerprint density at radius 3 is 2.56 bits per heavy atom. The fraction of sp³-hybridized carbons (Fsp3) is 0.316. The zero-order valence-corrected chi connectivity index (χ0v) is 17.3. The second-order valence-corrected chi connectivity index (χ2v) is 8.38. The van der Waals surface area contributed by atoms with Crippen LogP contribution in [0.1, 0.15) is 19.4 Å². The quantitative estimate of drug-likeness (QED) is 0.752. The van der Waals surface area contributed by atoms with Gasteiger partial charge in [-0.25, -0.2) is 8.42 Å². The summed E-state index contributed by atoms with van der Waals surface area (Å²) in [6, 6.07) is 10.9. The Hall–Kier alpha value is -2.25. The van der Waals surface area contributed by atoms with Crippen LogP contribution in [0.15, 0.2) is 42.5 Å². The Balaban J connectivity index is 2.38. The summed E-state index contributed by atoms with van der Waals surface area (Å²) < 4.78 is 31.5. The van der Waals surface area contributed by atoms with E-state index in [1.165, 1.54) is 13.0 Å². The molecule has 2 aromatic rings. The maximum Gasteiger partial charge on any atom is 0.248 e. The Labute approximate surface area is 165 Å². The molecule has 6 nitrogen and oxygen atoms in total. The minimum absolute atomic E-state index is 0.366. The van der Waals surface area contributed by atoms with Crippen LogP contribution in [0, 0.1) is 6.92 Å².